The van der Waals surface area contributed by atoms with Gasteiger partial charge in [-0.1, -0.05) is 56.4 Å². The molecule has 0 radical (unpaired) electrons. The third-order valence-corrected chi connectivity index (χ3v) is 3.05. The van der Waals surface area contributed by atoms with Crippen LogP contribution >= 0.6 is 0 Å². The summed E-state index contributed by atoms with van der Waals surface area (Å²) in [6.45, 7) is 4.52. The zero-order valence-corrected chi connectivity index (χ0v) is 9.76. The number of allylic oxidation sites excluding steroid dienone is 4. The lowest BCUT2D eigenvalue weighted by atomic mass is 9.97. The van der Waals surface area contributed by atoms with Gasteiger partial charge in [-0.05, 0) is 32.1 Å². The van der Waals surface area contributed by atoms with Gasteiger partial charge in [-0.25, -0.2) is 0 Å². The van der Waals surface area contributed by atoms with Gasteiger partial charge < -0.3 is 0 Å². The molecular formula is C14H24. The van der Waals surface area contributed by atoms with Crippen molar-refractivity contribution in [2.45, 2.75) is 58.8 Å². The SMILES string of the molecule is CCCCCCC1C=CCC(C)=CC1. The van der Waals surface area contributed by atoms with Gasteiger partial charge >= 0.3 is 0 Å². The van der Waals surface area contributed by atoms with E-state index >= 15 is 0 Å². The van der Waals surface area contributed by atoms with Gasteiger partial charge in [0.1, 0.15) is 0 Å². The molecule has 0 heterocycles. The van der Waals surface area contributed by atoms with E-state index in [1.807, 2.05) is 0 Å². The van der Waals surface area contributed by atoms with Crippen LogP contribution in [-0.2, 0) is 0 Å². The Labute approximate surface area is 89.1 Å². The molecule has 0 nitrogen and oxygen atoms in total. The first kappa shape index (κ1) is 11.6. The second-order valence-corrected chi connectivity index (χ2v) is 4.53. The first-order valence-corrected chi connectivity index (χ1v) is 6.15. The maximum atomic E-state index is 2.43. The minimum atomic E-state index is 0.823. The largest absolute Gasteiger partial charge is 0.0848 e. The third-order valence-electron chi connectivity index (χ3n) is 3.05. The molecule has 0 aromatic rings. The lowest BCUT2D eigenvalue weighted by Gasteiger charge is -2.08. The normalized spacial score (nSPS) is 21.9. The maximum absolute atomic E-state index is 2.43. The van der Waals surface area contributed by atoms with Gasteiger partial charge in [0.2, 0.25) is 0 Å². The number of rotatable bonds is 5. The van der Waals surface area contributed by atoms with Gasteiger partial charge in [-0.2, -0.15) is 0 Å². The Morgan fingerprint density at radius 1 is 1.29 bits per heavy atom. The molecule has 0 aromatic heterocycles. The minimum absolute atomic E-state index is 0.823. The van der Waals surface area contributed by atoms with Crippen molar-refractivity contribution in [3.8, 4) is 0 Å². The average Bonchev–Trinajstić information content (AvgIpc) is 2.38. The van der Waals surface area contributed by atoms with E-state index in [-0.39, 0.29) is 0 Å². The summed E-state index contributed by atoms with van der Waals surface area (Å²) in [4.78, 5) is 0. The molecule has 1 rings (SSSR count). The van der Waals surface area contributed by atoms with Crippen LogP contribution in [0.4, 0.5) is 0 Å². The standard InChI is InChI=1S/C14H24/c1-3-4-5-6-9-14-10-7-8-13(2)11-12-14/h7,10-11,14H,3-6,8-9,12H2,1-2H3. The van der Waals surface area contributed by atoms with Crippen molar-refractivity contribution in [2.75, 3.05) is 0 Å². The van der Waals surface area contributed by atoms with Crippen molar-refractivity contribution in [3.05, 3.63) is 23.8 Å². The number of hydrogen-bond acceptors (Lipinski definition) is 0. The van der Waals surface area contributed by atoms with E-state index in [2.05, 4.69) is 32.1 Å². The molecule has 0 bridgehead atoms. The zero-order valence-electron chi connectivity index (χ0n) is 9.76. The van der Waals surface area contributed by atoms with Crippen LogP contribution in [0.5, 0.6) is 0 Å². The van der Waals surface area contributed by atoms with Crippen LogP contribution in [0.15, 0.2) is 23.8 Å². The highest BCUT2D eigenvalue weighted by atomic mass is 14.1. The summed E-state index contributed by atoms with van der Waals surface area (Å²) in [6.07, 6.45) is 16.6. The summed E-state index contributed by atoms with van der Waals surface area (Å²) < 4.78 is 0. The quantitative estimate of drug-likeness (QED) is 0.430. The van der Waals surface area contributed by atoms with E-state index in [0.29, 0.717) is 0 Å². The third kappa shape index (κ3) is 4.64. The molecule has 0 aliphatic heterocycles. The van der Waals surface area contributed by atoms with Crippen LogP contribution in [0.25, 0.3) is 0 Å². The van der Waals surface area contributed by atoms with Crippen LogP contribution in [0.3, 0.4) is 0 Å². The molecule has 14 heavy (non-hydrogen) atoms. The fourth-order valence-corrected chi connectivity index (χ4v) is 2.01. The molecule has 0 heteroatoms. The summed E-state index contributed by atoms with van der Waals surface area (Å²) >= 11 is 0. The van der Waals surface area contributed by atoms with Crippen LogP contribution in [-0.4, -0.2) is 0 Å². The molecular weight excluding hydrogens is 168 g/mol. The van der Waals surface area contributed by atoms with Crippen LogP contribution in [0.2, 0.25) is 0 Å². The molecule has 0 saturated carbocycles. The predicted octanol–water partition coefficient (Wildman–Crippen LogP) is 4.87. The van der Waals surface area contributed by atoms with E-state index < -0.39 is 0 Å². The second-order valence-electron chi connectivity index (χ2n) is 4.53. The minimum Gasteiger partial charge on any atom is -0.0848 e. The van der Waals surface area contributed by atoms with Crippen LogP contribution < -0.4 is 0 Å². The summed E-state index contributed by atoms with van der Waals surface area (Å²) in [6, 6.07) is 0. The Hall–Kier alpha value is -0.520. The van der Waals surface area contributed by atoms with E-state index in [9.17, 15) is 0 Å². The molecule has 0 amide bonds. The fraction of sp³-hybridized carbons (Fsp3) is 0.714. The summed E-state index contributed by atoms with van der Waals surface area (Å²) in [5, 5.41) is 0. The van der Waals surface area contributed by atoms with Crippen molar-refractivity contribution in [1.29, 1.82) is 0 Å². The monoisotopic (exact) mass is 192 g/mol. The molecule has 80 valence electrons. The van der Waals surface area contributed by atoms with Crippen LogP contribution in [0, 0.1) is 5.92 Å². The highest BCUT2D eigenvalue weighted by Gasteiger charge is 2.05. The van der Waals surface area contributed by atoms with Crippen molar-refractivity contribution in [2.24, 2.45) is 5.92 Å². The van der Waals surface area contributed by atoms with Crippen molar-refractivity contribution < 1.29 is 0 Å². The molecule has 1 unspecified atom stereocenters. The van der Waals surface area contributed by atoms with Crippen molar-refractivity contribution >= 4 is 0 Å². The lowest BCUT2D eigenvalue weighted by Crippen LogP contribution is -1.94. The van der Waals surface area contributed by atoms with E-state index in [4.69, 9.17) is 0 Å². The van der Waals surface area contributed by atoms with Crippen molar-refractivity contribution in [3.63, 3.8) is 0 Å². The van der Waals surface area contributed by atoms with Gasteiger partial charge in [0, 0.05) is 0 Å². The predicted molar refractivity (Wildman–Crippen MR) is 64.4 cm³/mol. The molecule has 0 saturated heterocycles. The first-order chi connectivity index (χ1) is 6.83. The Morgan fingerprint density at radius 3 is 2.93 bits per heavy atom. The summed E-state index contributed by atoms with van der Waals surface area (Å²) in [5.41, 5.74) is 1.54. The van der Waals surface area contributed by atoms with Crippen molar-refractivity contribution in [1.82, 2.24) is 0 Å². The van der Waals surface area contributed by atoms with Gasteiger partial charge in [0.25, 0.3) is 0 Å². The lowest BCUT2D eigenvalue weighted by molar-refractivity contribution is 0.535. The average molecular weight is 192 g/mol. The topological polar surface area (TPSA) is 0 Å². The molecule has 0 N–H and O–H groups in total. The van der Waals surface area contributed by atoms with Gasteiger partial charge in [0.05, 0.1) is 0 Å². The molecule has 1 atom stereocenters. The molecule has 0 fully saturated rings. The Kier molecular flexibility index (Phi) is 5.66. The zero-order chi connectivity index (χ0) is 10.2. The van der Waals surface area contributed by atoms with E-state index in [1.165, 1.54) is 50.5 Å². The highest BCUT2D eigenvalue weighted by Crippen LogP contribution is 2.21. The first-order valence-electron chi connectivity index (χ1n) is 6.15. The maximum Gasteiger partial charge on any atom is -0.0141 e. The molecule has 0 aromatic carbocycles. The van der Waals surface area contributed by atoms with Gasteiger partial charge in [0.15, 0.2) is 0 Å². The Bertz CT molecular complexity index is 198. The number of hydrogen-bond donors (Lipinski definition) is 0. The molecule has 1 aliphatic carbocycles. The number of unbranched alkanes of at least 4 members (excludes halogenated alkanes) is 3. The van der Waals surface area contributed by atoms with E-state index in [0.717, 1.165) is 5.92 Å². The smallest absolute Gasteiger partial charge is 0.0141 e. The Morgan fingerprint density at radius 2 is 2.14 bits per heavy atom. The highest BCUT2D eigenvalue weighted by molar-refractivity contribution is 5.10. The summed E-state index contributed by atoms with van der Waals surface area (Å²) in [7, 11) is 0. The fourth-order valence-electron chi connectivity index (χ4n) is 2.01. The molecule has 1 aliphatic rings. The van der Waals surface area contributed by atoms with E-state index in [1.54, 1.807) is 0 Å². The summed E-state index contributed by atoms with van der Waals surface area (Å²) in [5.74, 6) is 0.823. The van der Waals surface area contributed by atoms with Crippen LogP contribution in [0.1, 0.15) is 58.8 Å². The second kappa shape index (κ2) is 6.86. The van der Waals surface area contributed by atoms with Gasteiger partial charge in [-0.3, -0.25) is 0 Å². The Balaban J connectivity index is 2.18. The molecule has 0 spiro atoms. The van der Waals surface area contributed by atoms with Gasteiger partial charge in [-0.15, -0.1) is 0 Å².